The number of carbonyl (C=O) groups is 3. The number of hydrogen-bond acceptors (Lipinski definition) is 7. The van der Waals surface area contributed by atoms with E-state index in [-0.39, 0.29) is 24.3 Å². The van der Waals surface area contributed by atoms with Crippen molar-refractivity contribution in [2.45, 2.75) is 20.8 Å². The van der Waals surface area contributed by atoms with Gasteiger partial charge in [0.1, 0.15) is 0 Å². The first-order valence-corrected chi connectivity index (χ1v) is 8.69. The van der Waals surface area contributed by atoms with Crippen molar-refractivity contribution in [2.24, 2.45) is 0 Å². The highest BCUT2D eigenvalue weighted by Crippen LogP contribution is 2.25. The Balaban J connectivity index is 1.98. The molecule has 0 spiro atoms. The molecule has 150 valence electrons. The number of carbonyl (C=O) groups excluding carboxylic acids is 3. The van der Waals surface area contributed by atoms with Crippen LogP contribution in [0.3, 0.4) is 0 Å². The van der Waals surface area contributed by atoms with Crippen LogP contribution in [0.2, 0.25) is 0 Å². The van der Waals surface area contributed by atoms with Crippen LogP contribution in [0.15, 0.2) is 24.3 Å². The van der Waals surface area contributed by atoms with Crippen molar-refractivity contribution < 1.29 is 33.3 Å². The Kier molecular flexibility index (Phi) is 7.20. The van der Waals surface area contributed by atoms with Crippen molar-refractivity contribution in [1.82, 2.24) is 4.98 Å². The van der Waals surface area contributed by atoms with Crippen molar-refractivity contribution >= 4 is 17.7 Å². The van der Waals surface area contributed by atoms with Gasteiger partial charge in [-0.1, -0.05) is 12.1 Å². The van der Waals surface area contributed by atoms with E-state index in [1.807, 2.05) is 0 Å². The van der Waals surface area contributed by atoms with Gasteiger partial charge in [0.2, 0.25) is 5.78 Å². The van der Waals surface area contributed by atoms with Gasteiger partial charge in [-0.15, -0.1) is 0 Å². The Morgan fingerprint density at radius 3 is 2.21 bits per heavy atom. The summed E-state index contributed by atoms with van der Waals surface area (Å²) in [6, 6.07) is 6.85. The van der Waals surface area contributed by atoms with Gasteiger partial charge in [0, 0.05) is 11.4 Å². The fraction of sp³-hybridized carbons (Fsp3) is 0.350. The lowest BCUT2D eigenvalue weighted by molar-refractivity contribution is -0.144. The third-order valence-corrected chi connectivity index (χ3v) is 3.91. The van der Waals surface area contributed by atoms with Gasteiger partial charge in [-0.2, -0.15) is 0 Å². The van der Waals surface area contributed by atoms with E-state index < -0.39 is 24.3 Å². The standard InChI is InChI=1S/C20H23NO7/c1-5-26-20(24)19-13(3)21-12(2)18(19)14(22)10-28-17(23)11-27-16-9-7-6-8-15(16)25-4/h6-9,21H,5,10-11H2,1-4H3. The minimum absolute atomic E-state index is 0.158. The van der Waals surface area contributed by atoms with Crippen molar-refractivity contribution in [1.29, 1.82) is 0 Å². The van der Waals surface area contributed by atoms with Crippen molar-refractivity contribution in [2.75, 3.05) is 26.9 Å². The van der Waals surface area contributed by atoms with Gasteiger partial charge in [-0.25, -0.2) is 9.59 Å². The number of benzene rings is 1. The molecule has 0 amide bonds. The number of aromatic nitrogens is 1. The van der Waals surface area contributed by atoms with E-state index in [4.69, 9.17) is 18.9 Å². The van der Waals surface area contributed by atoms with Gasteiger partial charge in [-0.3, -0.25) is 4.79 Å². The maximum atomic E-state index is 12.5. The third-order valence-electron chi connectivity index (χ3n) is 3.91. The number of rotatable bonds is 9. The van der Waals surface area contributed by atoms with E-state index in [0.29, 0.717) is 22.9 Å². The van der Waals surface area contributed by atoms with E-state index in [1.54, 1.807) is 45.0 Å². The molecule has 2 rings (SSSR count). The zero-order valence-corrected chi connectivity index (χ0v) is 16.3. The Bertz CT molecular complexity index is 869. The normalized spacial score (nSPS) is 10.3. The van der Waals surface area contributed by atoms with Crippen LogP contribution in [-0.2, 0) is 14.3 Å². The van der Waals surface area contributed by atoms with Gasteiger partial charge in [-0.05, 0) is 32.9 Å². The molecule has 0 saturated heterocycles. The predicted octanol–water partition coefficient (Wildman–Crippen LogP) is 2.62. The molecule has 0 unspecified atom stereocenters. The Morgan fingerprint density at radius 1 is 0.929 bits per heavy atom. The number of ketones is 1. The SMILES string of the molecule is CCOC(=O)c1c(C)[nH]c(C)c1C(=O)COC(=O)COc1ccccc1OC. The van der Waals surface area contributed by atoms with E-state index >= 15 is 0 Å². The van der Waals surface area contributed by atoms with Gasteiger partial charge in [0.15, 0.2) is 24.7 Å². The average Bonchev–Trinajstić information content (AvgIpc) is 2.98. The summed E-state index contributed by atoms with van der Waals surface area (Å²) in [6.07, 6.45) is 0. The molecule has 0 aliphatic heterocycles. The summed E-state index contributed by atoms with van der Waals surface area (Å²) < 4.78 is 20.5. The summed E-state index contributed by atoms with van der Waals surface area (Å²) in [4.78, 5) is 39.5. The number of nitrogens with one attached hydrogen (secondary N) is 1. The fourth-order valence-corrected chi connectivity index (χ4v) is 2.72. The molecule has 0 saturated carbocycles. The van der Waals surface area contributed by atoms with E-state index in [1.165, 1.54) is 7.11 Å². The molecule has 8 nitrogen and oxygen atoms in total. The number of aryl methyl sites for hydroxylation is 2. The van der Waals surface area contributed by atoms with Crippen LogP contribution in [-0.4, -0.2) is 49.6 Å². The lowest BCUT2D eigenvalue weighted by Crippen LogP contribution is -2.21. The number of H-pyrrole nitrogens is 1. The summed E-state index contributed by atoms with van der Waals surface area (Å²) in [6.45, 7) is 4.30. The molecule has 0 radical (unpaired) electrons. The number of methoxy groups -OCH3 is 1. The lowest BCUT2D eigenvalue weighted by atomic mass is 10.1. The molecule has 0 bridgehead atoms. The van der Waals surface area contributed by atoms with Crippen LogP contribution >= 0.6 is 0 Å². The van der Waals surface area contributed by atoms with Gasteiger partial charge in [0.05, 0.1) is 24.8 Å². The van der Waals surface area contributed by atoms with Gasteiger partial charge in [0.25, 0.3) is 0 Å². The molecule has 0 aliphatic rings. The molecular formula is C20H23NO7. The van der Waals surface area contributed by atoms with Gasteiger partial charge >= 0.3 is 11.9 Å². The number of ether oxygens (including phenoxy) is 4. The second-order valence-corrected chi connectivity index (χ2v) is 5.87. The fourth-order valence-electron chi connectivity index (χ4n) is 2.72. The molecule has 0 aliphatic carbocycles. The van der Waals surface area contributed by atoms with Crippen LogP contribution < -0.4 is 9.47 Å². The first-order valence-electron chi connectivity index (χ1n) is 8.69. The third kappa shape index (κ3) is 4.91. The monoisotopic (exact) mass is 389 g/mol. The summed E-state index contributed by atoms with van der Waals surface area (Å²) in [5, 5.41) is 0. The summed E-state index contributed by atoms with van der Waals surface area (Å²) >= 11 is 0. The summed E-state index contributed by atoms with van der Waals surface area (Å²) in [5.41, 5.74) is 1.34. The quantitative estimate of drug-likeness (QED) is 0.519. The number of aromatic amines is 1. The second kappa shape index (κ2) is 9.59. The van der Waals surface area contributed by atoms with Crippen molar-refractivity contribution in [3.8, 4) is 11.5 Å². The number of hydrogen-bond donors (Lipinski definition) is 1. The Hall–Kier alpha value is -3.29. The van der Waals surface area contributed by atoms with Crippen LogP contribution in [0, 0.1) is 13.8 Å². The summed E-state index contributed by atoms with van der Waals surface area (Å²) in [7, 11) is 1.49. The van der Waals surface area contributed by atoms with Gasteiger partial charge < -0.3 is 23.9 Å². The minimum atomic E-state index is -0.721. The Labute approximate surface area is 162 Å². The van der Waals surface area contributed by atoms with Crippen molar-refractivity contribution in [3.63, 3.8) is 0 Å². The lowest BCUT2D eigenvalue weighted by Gasteiger charge is -2.10. The molecule has 1 heterocycles. The molecule has 2 aromatic rings. The van der Waals surface area contributed by atoms with E-state index in [2.05, 4.69) is 4.98 Å². The first-order chi connectivity index (χ1) is 13.4. The highest BCUT2D eigenvalue weighted by molar-refractivity contribution is 6.09. The highest BCUT2D eigenvalue weighted by atomic mass is 16.6. The van der Waals surface area contributed by atoms with Crippen LogP contribution in [0.25, 0.3) is 0 Å². The molecule has 8 heteroatoms. The molecule has 1 aromatic carbocycles. The zero-order chi connectivity index (χ0) is 20.7. The number of Topliss-reactive ketones (excluding diaryl/α,β-unsaturated/α-hetero) is 1. The van der Waals surface area contributed by atoms with E-state index in [0.717, 1.165) is 0 Å². The molecular weight excluding hydrogens is 366 g/mol. The average molecular weight is 389 g/mol. The van der Waals surface area contributed by atoms with Crippen LogP contribution in [0.5, 0.6) is 11.5 Å². The second-order valence-electron chi connectivity index (χ2n) is 5.87. The minimum Gasteiger partial charge on any atom is -0.493 e. The molecule has 0 fully saturated rings. The van der Waals surface area contributed by atoms with Crippen LogP contribution in [0.1, 0.15) is 39.0 Å². The number of para-hydroxylation sites is 2. The molecule has 28 heavy (non-hydrogen) atoms. The van der Waals surface area contributed by atoms with Crippen LogP contribution in [0.4, 0.5) is 0 Å². The predicted molar refractivity (Wildman–Crippen MR) is 100 cm³/mol. The molecule has 1 N–H and O–H groups in total. The maximum Gasteiger partial charge on any atom is 0.344 e. The summed E-state index contributed by atoms with van der Waals surface area (Å²) in [5.74, 6) is -0.963. The molecule has 1 aromatic heterocycles. The zero-order valence-electron chi connectivity index (χ0n) is 16.3. The van der Waals surface area contributed by atoms with E-state index in [9.17, 15) is 14.4 Å². The number of esters is 2. The maximum absolute atomic E-state index is 12.5. The topological polar surface area (TPSA) is 104 Å². The highest BCUT2D eigenvalue weighted by Gasteiger charge is 2.26. The first kappa shape index (κ1) is 21.0. The molecule has 0 atom stereocenters. The smallest absolute Gasteiger partial charge is 0.344 e. The Morgan fingerprint density at radius 2 is 1.57 bits per heavy atom. The van der Waals surface area contributed by atoms with Crippen molar-refractivity contribution in [3.05, 3.63) is 46.8 Å². The largest absolute Gasteiger partial charge is 0.493 e.